The minimum Gasteiger partial charge on any atom is -0.478 e. The number of pyridine rings is 1. The number of amides is 3. The number of ether oxygens (including phenoxy) is 1. The van der Waals surface area contributed by atoms with Crippen LogP contribution in [0.15, 0.2) is 30.5 Å². The van der Waals surface area contributed by atoms with Gasteiger partial charge in [0.05, 0.1) is 11.3 Å². The maximum atomic E-state index is 13.9. The van der Waals surface area contributed by atoms with Crippen molar-refractivity contribution in [3.63, 3.8) is 0 Å². The van der Waals surface area contributed by atoms with Crippen LogP contribution in [0.1, 0.15) is 81.8 Å². The zero-order valence-corrected chi connectivity index (χ0v) is 23.8. The predicted octanol–water partition coefficient (Wildman–Crippen LogP) is 6.37. The number of nitrogens with zero attached hydrogens (tertiary/aromatic N) is 2. The molecule has 2 aromatic rings. The van der Waals surface area contributed by atoms with Gasteiger partial charge in [0.15, 0.2) is 0 Å². The quantitative estimate of drug-likeness (QED) is 0.318. The summed E-state index contributed by atoms with van der Waals surface area (Å²) in [5.41, 5.74) is -1.23. The highest BCUT2D eigenvalue weighted by molar-refractivity contribution is 6.03. The Morgan fingerprint density at radius 2 is 1.76 bits per heavy atom. The third-order valence-corrected chi connectivity index (χ3v) is 6.88. The Bertz CT molecular complexity index is 1260. The first kappa shape index (κ1) is 31.7. The van der Waals surface area contributed by atoms with Crippen molar-refractivity contribution in [1.29, 1.82) is 0 Å². The van der Waals surface area contributed by atoms with Crippen LogP contribution in [0.3, 0.4) is 0 Å². The van der Waals surface area contributed by atoms with E-state index in [0.29, 0.717) is 18.8 Å². The molecular formula is C29H37F3N4O5. The van der Waals surface area contributed by atoms with Crippen molar-refractivity contribution in [2.75, 3.05) is 4.90 Å². The van der Waals surface area contributed by atoms with E-state index in [0.717, 1.165) is 31.2 Å². The van der Waals surface area contributed by atoms with Crippen LogP contribution in [0, 0.1) is 11.8 Å². The summed E-state index contributed by atoms with van der Waals surface area (Å²) in [6.07, 6.45) is -0.451. The average molecular weight is 579 g/mol. The van der Waals surface area contributed by atoms with Crippen LogP contribution in [0.4, 0.5) is 23.7 Å². The van der Waals surface area contributed by atoms with E-state index in [2.05, 4.69) is 22.5 Å². The fraction of sp³-hybridized carbons (Fsp3) is 0.517. The van der Waals surface area contributed by atoms with Gasteiger partial charge in [-0.25, -0.2) is 14.6 Å². The molecule has 0 bridgehead atoms. The molecule has 1 fully saturated rings. The first-order valence-electron chi connectivity index (χ1n) is 13.7. The number of carbonyl (C=O) groups excluding carboxylic acids is 2. The van der Waals surface area contributed by atoms with E-state index in [1.54, 1.807) is 27.7 Å². The first-order chi connectivity index (χ1) is 19.2. The van der Waals surface area contributed by atoms with Crippen molar-refractivity contribution < 1.29 is 37.4 Å². The van der Waals surface area contributed by atoms with Crippen LogP contribution in [-0.4, -0.2) is 40.1 Å². The molecule has 3 N–H and O–H groups in total. The Balaban J connectivity index is 1.90. The van der Waals surface area contributed by atoms with Gasteiger partial charge in [-0.3, -0.25) is 4.79 Å². The maximum Gasteiger partial charge on any atom is 0.421 e. The number of carbonyl (C=O) groups is 3. The lowest BCUT2D eigenvalue weighted by Gasteiger charge is -2.34. The Hall–Kier alpha value is -3.83. The van der Waals surface area contributed by atoms with Crippen molar-refractivity contribution in [3.8, 4) is 11.6 Å². The standard InChI is InChI=1S/C29H37F3N4O5/c1-16(2)35-28(40)34-15-19-12-23(29(30,31)32)25(33-14-19)41-21-10-11-24(22(13-21)27(38)39)36(17(3)4)26(37)20-8-6-18(5)7-9-20/h10-14,16-18,20H,6-9,15H2,1-5H3,(H,38,39)(H2,34,35,40). The summed E-state index contributed by atoms with van der Waals surface area (Å²) in [5, 5.41) is 15.0. The molecular weight excluding hydrogens is 541 g/mol. The van der Waals surface area contributed by atoms with Gasteiger partial charge in [0.1, 0.15) is 11.3 Å². The third kappa shape index (κ3) is 8.34. The minimum absolute atomic E-state index is 0.0911. The number of carboxylic acid groups (broad SMARTS) is 1. The summed E-state index contributed by atoms with van der Waals surface area (Å²) in [6, 6.07) is 3.56. The van der Waals surface area contributed by atoms with Crippen molar-refractivity contribution in [3.05, 3.63) is 47.2 Å². The normalized spacial score (nSPS) is 17.3. The second kappa shape index (κ2) is 13.2. The molecule has 1 aromatic heterocycles. The molecule has 1 heterocycles. The Kier molecular flexibility index (Phi) is 10.2. The maximum absolute atomic E-state index is 13.9. The number of hydrogen-bond donors (Lipinski definition) is 3. The summed E-state index contributed by atoms with van der Waals surface area (Å²) in [6.45, 7) is 8.98. The number of aromatic nitrogens is 1. The van der Waals surface area contributed by atoms with E-state index in [9.17, 15) is 32.7 Å². The second-order valence-electron chi connectivity index (χ2n) is 11.0. The molecule has 224 valence electrons. The highest BCUT2D eigenvalue weighted by atomic mass is 19.4. The van der Waals surface area contributed by atoms with E-state index in [1.807, 2.05) is 0 Å². The number of alkyl halides is 3. The van der Waals surface area contributed by atoms with Gasteiger partial charge in [0.25, 0.3) is 0 Å². The van der Waals surface area contributed by atoms with Crippen molar-refractivity contribution in [2.24, 2.45) is 11.8 Å². The molecule has 9 nitrogen and oxygen atoms in total. The van der Waals surface area contributed by atoms with E-state index >= 15 is 0 Å². The van der Waals surface area contributed by atoms with Crippen molar-refractivity contribution in [2.45, 2.75) is 85.1 Å². The SMILES string of the molecule is CC1CCC(C(=O)N(c2ccc(Oc3ncc(CNC(=O)NC(C)C)cc3C(F)(F)F)cc2C(=O)O)C(C)C)CC1. The predicted molar refractivity (Wildman–Crippen MR) is 147 cm³/mol. The van der Waals surface area contributed by atoms with Crippen LogP contribution in [-0.2, 0) is 17.5 Å². The molecule has 1 aliphatic carbocycles. The lowest BCUT2D eigenvalue weighted by atomic mass is 9.82. The average Bonchev–Trinajstić information content (AvgIpc) is 2.88. The van der Waals surface area contributed by atoms with E-state index in [-0.39, 0.29) is 53.0 Å². The molecule has 3 amide bonds. The highest BCUT2D eigenvalue weighted by Gasteiger charge is 2.36. The second-order valence-corrected chi connectivity index (χ2v) is 11.0. The molecule has 3 rings (SSSR count). The van der Waals surface area contributed by atoms with Crippen LogP contribution >= 0.6 is 0 Å². The largest absolute Gasteiger partial charge is 0.478 e. The van der Waals surface area contributed by atoms with Crippen molar-refractivity contribution >= 4 is 23.6 Å². The molecule has 0 spiro atoms. The molecule has 1 saturated carbocycles. The van der Waals surface area contributed by atoms with Crippen LogP contribution < -0.4 is 20.3 Å². The highest BCUT2D eigenvalue weighted by Crippen LogP contribution is 2.39. The molecule has 0 saturated heterocycles. The Morgan fingerprint density at radius 1 is 1.10 bits per heavy atom. The molecule has 0 unspecified atom stereocenters. The number of benzene rings is 1. The van der Waals surface area contributed by atoms with Crippen LogP contribution in [0.5, 0.6) is 11.6 Å². The number of anilines is 1. The molecule has 0 aliphatic heterocycles. The van der Waals surface area contributed by atoms with Gasteiger partial charge in [-0.05, 0) is 89.1 Å². The topological polar surface area (TPSA) is 121 Å². The van der Waals surface area contributed by atoms with Crippen molar-refractivity contribution in [1.82, 2.24) is 15.6 Å². The number of hydrogen-bond acceptors (Lipinski definition) is 5. The molecule has 1 aromatic carbocycles. The lowest BCUT2D eigenvalue weighted by molar-refractivity contribution is -0.139. The Morgan fingerprint density at radius 3 is 2.32 bits per heavy atom. The number of carboxylic acids is 1. The number of nitrogens with one attached hydrogen (secondary N) is 2. The van der Waals surface area contributed by atoms with E-state index in [4.69, 9.17) is 4.74 Å². The van der Waals surface area contributed by atoms with Gasteiger partial charge in [-0.15, -0.1) is 0 Å². The molecule has 0 radical (unpaired) electrons. The zero-order chi connectivity index (χ0) is 30.5. The smallest absolute Gasteiger partial charge is 0.421 e. The number of rotatable bonds is 9. The summed E-state index contributed by atoms with van der Waals surface area (Å²) in [5.74, 6) is -2.18. The summed E-state index contributed by atoms with van der Waals surface area (Å²) in [4.78, 5) is 42.8. The molecule has 41 heavy (non-hydrogen) atoms. The van der Waals surface area contributed by atoms with Gasteiger partial charge in [0.2, 0.25) is 11.8 Å². The zero-order valence-electron chi connectivity index (χ0n) is 23.8. The van der Waals surface area contributed by atoms with E-state index < -0.39 is 29.6 Å². The summed E-state index contributed by atoms with van der Waals surface area (Å²) in [7, 11) is 0. The fourth-order valence-corrected chi connectivity index (χ4v) is 4.80. The van der Waals surface area contributed by atoms with Crippen LogP contribution in [0.25, 0.3) is 0 Å². The number of aromatic carboxylic acids is 1. The molecule has 1 aliphatic rings. The van der Waals surface area contributed by atoms with Gasteiger partial charge >= 0.3 is 18.2 Å². The van der Waals surface area contributed by atoms with Gasteiger partial charge < -0.3 is 25.4 Å². The third-order valence-electron chi connectivity index (χ3n) is 6.88. The number of urea groups is 1. The van der Waals surface area contributed by atoms with Gasteiger partial charge in [-0.2, -0.15) is 13.2 Å². The molecule has 12 heteroatoms. The monoisotopic (exact) mass is 578 g/mol. The molecule has 0 atom stereocenters. The summed E-state index contributed by atoms with van der Waals surface area (Å²) >= 11 is 0. The number of halogens is 3. The Labute approximate surface area is 237 Å². The van der Waals surface area contributed by atoms with E-state index in [1.165, 1.54) is 17.0 Å². The first-order valence-corrected chi connectivity index (χ1v) is 13.7. The minimum atomic E-state index is -4.84. The van der Waals surface area contributed by atoms with Gasteiger partial charge in [0, 0.05) is 30.7 Å². The van der Waals surface area contributed by atoms with Gasteiger partial charge in [-0.1, -0.05) is 6.92 Å². The lowest BCUT2D eigenvalue weighted by Crippen LogP contribution is -2.42. The fourth-order valence-electron chi connectivity index (χ4n) is 4.80. The van der Waals surface area contributed by atoms with Crippen LogP contribution in [0.2, 0.25) is 0 Å². The summed E-state index contributed by atoms with van der Waals surface area (Å²) < 4.78 is 47.1.